The summed E-state index contributed by atoms with van der Waals surface area (Å²) in [4.78, 5) is 20.3. The number of nitrogens with two attached hydrogens (primary N) is 1. The van der Waals surface area contributed by atoms with Crippen LogP contribution < -0.4 is 5.73 Å². The minimum atomic E-state index is -0.679. The largest absolute Gasteiger partial charge is 0.502 e. The number of nitro benzene ring substituents is 1. The van der Waals surface area contributed by atoms with E-state index < -0.39 is 10.7 Å². The minimum absolute atomic E-state index is 0.0983. The van der Waals surface area contributed by atoms with E-state index in [4.69, 9.17) is 11.1 Å². The molecule has 7 heteroatoms. The molecule has 4 N–H and O–H groups in total. The summed E-state index contributed by atoms with van der Waals surface area (Å²) >= 11 is 0. The van der Waals surface area contributed by atoms with Crippen LogP contribution in [0.4, 0.5) is 5.69 Å². The maximum Gasteiger partial charge on any atom is 0.311 e. The molecule has 7 nitrogen and oxygen atoms in total. The number of phenolic OH excluding ortho intramolecular Hbond substituents is 1. The number of carbonyl (C=O) groups excluding carboxylic acids is 1. The molecule has 0 saturated carbocycles. The molecule has 2 aromatic carbocycles. The van der Waals surface area contributed by atoms with E-state index in [1.54, 1.807) is 12.1 Å². The normalized spacial score (nSPS) is 9.48. The molecule has 2 rings (SSSR count). The lowest BCUT2D eigenvalue weighted by molar-refractivity contribution is -0.385. The van der Waals surface area contributed by atoms with Gasteiger partial charge in [0.15, 0.2) is 0 Å². The third-order valence-corrected chi connectivity index (χ3v) is 2.92. The number of benzene rings is 2. The van der Waals surface area contributed by atoms with Crippen molar-refractivity contribution in [3.8, 4) is 5.75 Å². The monoisotopic (exact) mass is 315 g/mol. The van der Waals surface area contributed by atoms with E-state index in [0.717, 1.165) is 5.56 Å². The van der Waals surface area contributed by atoms with Crippen molar-refractivity contribution in [3.05, 3.63) is 69.3 Å². The number of para-hydroxylation sites is 1. The Kier molecular flexibility index (Phi) is 5.96. The number of nitro groups is 1. The SMILES string of the molecule is CC(=N)c1cccc([N+](=O)[O-])c1O.Cc1cccc(C(N)=O)c1. The first-order valence-electron chi connectivity index (χ1n) is 6.62. The average Bonchev–Trinajstić information content (AvgIpc) is 2.47. The summed E-state index contributed by atoms with van der Waals surface area (Å²) < 4.78 is 0. The smallest absolute Gasteiger partial charge is 0.311 e. The first kappa shape index (κ1) is 17.8. The quantitative estimate of drug-likeness (QED) is 0.456. The molecule has 2 aromatic rings. The Labute approximate surface area is 133 Å². The van der Waals surface area contributed by atoms with E-state index in [9.17, 15) is 20.0 Å². The number of hydrogen-bond acceptors (Lipinski definition) is 5. The highest BCUT2D eigenvalue weighted by Crippen LogP contribution is 2.29. The summed E-state index contributed by atoms with van der Waals surface area (Å²) in [6.07, 6.45) is 0. The van der Waals surface area contributed by atoms with Gasteiger partial charge in [0.05, 0.1) is 4.92 Å². The van der Waals surface area contributed by atoms with Crippen LogP contribution in [0, 0.1) is 22.4 Å². The Morgan fingerprint density at radius 2 is 1.87 bits per heavy atom. The second kappa shape index (κ2) is 7.69. The van der Waals surface area contributed by atoms with Gasteiger partial charge in [-0.05, 0) is 32.0 Å². The van der Waals surface area contributed by atoms with Gasteiger partial charge in [0.1, 0.15) is 0 Å². The molecule has 1 amide bonds. The van der Waals surface area contributed by atoms with Gasteiger partial charge >= 0.3 is 5.69 Å². The van der Waals surface area contributed by atoms with Crippen LogP contribution in [0.5, 0.6) is 5.75 Å². The lowest BCUT2D eigenvalue weighted by Gasteiger charge is -2.01. The molecule has 0 heterocycles. The zero-order valence-electron chi connectivity index (χ0n) is 12.7. The van der Waals surface area contributed by atoms with Crippen LogP contribution in [-0.4, -0.2) is 21.6 Å². The van der Waals surface area contributed by atoms with Crippen LogP contribution >= 0.6 is 0 Å². The van der Waals surface area contributed by atoms with Gasteiger partial charge in [-0.15, -0.1) is 0 Å². The molecular formula is C16H17N3O4. The van der Waals surface area contributed by atoms with Crippen molar-refractivity contribution in [2.24, 2.45) is 5.73 Å². The number of phenols is 1. The van der Waals surface area contributed by atoms with Gasteiger partial charge in [0.2, 0.25) is 11.7 Å². The molecule has 0 radical (unpaired) electrons. The fourth-order valence-corrected chi connectivity index (χ4v) is 1.78. The summed E-state index contributed by atoms with van der Waals surface area (Å²) in [5.74, 6) is -0.816. The number of aromatic hydroxyl groups is 1. The van der Waals surface area contributed by atoms with Crippen molar-refractivity contribution in [1.82, 2.24) is 0 Å². The molecule has 23 heavy (non-hydrogen) atoms. The van der Waals surface area contributed by atoms with Crippen molar-refractivity contribution < 1.29 is 14.8 Å². The number of primary amides is 1. The Bertz CT molecular complexity index is 724. The average molecular weight is 315 g/mol. The van der Waals surface area contributed by atoms with E-state index >= 15 is 0 Å². The summed E-state index contributed by atoms with van der Waals surface area (Å²) in [5.41, 5.74) is 6.58. The van der Waals surface area contributed by atoms with E-state index in [1.807, 2.05) is 19.1 Å². The maximum atomic E-state index is 10.6. The van der Waals surface area contributed by atoms with Crippen LogP contribution in [0.2, 0.25) is 0 Å². The number of rotatable bonds is 3. The molecule has 120 valence electrons. The Morgan fingerprint density at radius 1 is 1.26 bits per heavy atom. The van der Waals surface area contributed by atoms with E-state index in [0.29, 0.717) is 5.56 Å². The fraction of sp³-hybridized carbons (Fsp3) is 0.125. The van der Waals surface area contributed by atoms with E-state index in [1.165, 1.54) is 25.1 Å². The van der Waals surface area contributed by atoms with Crippen LogP contribution in [0.3, 0.4) is 0 Å². The molecule has 0 spiro atoms. The summed E-state index contributed by atoms with van der Waals surface area (Å²) in [7, 11) is 0. The van der Waals surface area contributed by atoms with Crippen molar-refractivity contribution in [1.29, 1.82) is 5.41 Å². The predicted octanol–water partition coefficient (Wildman–Crippen LogP) is 2.78. The predicted molar refractivity (Wildman–Crippen MR) is 87.0 cm³/mol. The maximum absolute atomic E-state index is 10.6. The lowest BCUT2D eigenvalue weighted by atomic mass is 10.1. The highest BCUT2D eigenvalue weighted by atomic mass is 16.6. The zero-order valence-corrected chi connectivity index (χ0v) is 12.7. The van der Waals surface area contributed by atoms with Crippen LogP contribution in [-0.2, 0) is 0 Å². The fourth-order valence-electron chi connectivity index (χ4n) is 1.78. The molecule has 0 bridgehead atoms. The molecule has 0 fully saturated rings. The number of nitrogens with zero attached hydrogens (tertiary/aromatic N) is 1. The number of amides is 1. The minimum Gasteiger partial charge on any atom is -0.502 e. The molecule has 0 saturated heterocycles. The number of carbonyl (C=O) groups is 1. The third kappa shape index (κ3) is 4.92. The summed E-state index contributed by atoms with van der Waals surface area (Å²) in [6.45, 7) is 3.38. The first-order valence-corrected chi connectivity index (χ1v) is 6.62. The van der Waals surface area contributed by atoms with Gasteiger partial charge in [-0.25, -0.2) is 0 Å². The highest BCUT2D eigenvalue weighted by molar-refractivity contribution is 5.99. The molecular weight excluding hydrogens is 298 g/mol. The number of nitrogens with one attached hydrogen (secondary N) is 1. The van der Waals surface area contributed by atoms with Gasteiger partial charge in [-0.3, -0.25) is 14.9 Å². The Morgan fingerprint density at radius 3 is 2.30 bits per heavy atom. The molecule has 0 aliphatic heterocycles. The molecule has 0 aliphatic rings. The molecule has 0 unspecified atom stereocenters. The van der Waals surface area contributed by atoms with Crippen LogP contribution in [0.1, 0.15) is 28.4 Å². The van der Waals surface area contributed by atoms with Crippen molar-refractivity contribution in [2.45, 2.75) is 13.8 Å². The second-order valence-corrected chi connectivity index (χ2v) is 4.79. The van der Waals surface area contributed by atoms with Crippen molar-refractivity contribution >= 4 is 17.3 Å². The van der Waals surface area contributed by atoms with E-state index in [2.05, 4.69) is 0 Å². The second-order valence-electron chi connectivity index (χ2n) is 4.79. The van der Waals surface area contributed by atoms with Crippen molar-refractivity contribution in [2.75, 3.05) is 0 Å². The third-order valence-electron chi connectivity index (χ3n) is 2.92. The van der Waals surface area contributed by atoms with Crippen LogP contribution in [0.25, 0.3) is 0 Å². The van der Waals surface area contributed by atoms with Gasteiger partial charge in [-0.1, -0.05) is 23.8 Å². The van der Waals surface area contributed by atoms with Gasteiger partial charge < -0.3 is 16.2 Å². The lowest BCUT2D eigenvalue weighted by Crippen LogP contribution is -2.10. The highest BCUT2D eigenvalue weighted by Gasteiger charge is 2.16. The Hall–Kier alpha value is -3.22. The Balaban J connectivity index is 0.000000238. The number of hydrogen-bond donors (Lipinski definition) is 3. The van der Waals surface area contributed by atoms with Gasteiger partial charge in [-0.2, -0.15) is 0 Å². The van der Waals surface area contributed by atoms with Crippen LogP contribution in [0.15, 0.2) is 42.5 Å². The molecule has 0 aromatic heterocycles. The summed E-state index contributed by atoms with van der Waals surface area (Å²) in [6, 6.07) is 11.3. The zero-order chi connectivity index (χ0) is 17.6. The molecule has 0 aliphatic carbocycles. The van der Waals surface area contributed by atoms with E-state index in [-0.39, 0.29) is 22.9 Å². The standard InChI is InChI=1S/C8H8N2O3.C8H9NO/c1-5(9)6-3-2-4-7(8(6)11)10(12)13;1-6-3-2-4-7(5-6)8(9)10/h2-4,9,11H,1H3;2-5H,1H3,(H2,9,10). The number of aryl methyl sites for hydroxylation is 1. The molecule has 0 atom stereocenters. The summed E-state index contributed by atoms with van der Waals surface area (Å²) in [5, 5.41) is 27.0. The van der Waals surface area contributed by atoms with Crippen molar-refractivity contribution in [3.63, 3.8) is 0 Å². The van der Waals surface area contributed by atoms with Gasteiger partial charge in [0, 0.05) is 22.9 Å². The first-order chi connectivity index (χ1) is 10.7. The van der Waals surface area contributed by atoms with Gasteiger partial charge in [0.25, 0.3) is 0 Å². The topological polar surface area (TPSA) is 130 Å².